The summed E-state index contributed by atoms with van der Waals surface area (Å²) in [5.74, 6) is 0.271. The third kappa shape index (κ3) is 5.36. The molecule has 164 valence electrons. The summed E-state index contributed by atoms with van der Waals surface area (Å²) in [6.45, 7) is 5.53. The lowest BCUT2D eigenvalue weighted by Gasteiger charge is -2.21. The van der Waals surface area contributed by atoms with Crippen molar-refractivity contribution in [3.63, 3.8) is 0 Å². The van der Waals surface area contributed by atoms with E-state index in [1.807, 2.05) is 51.1 Å². The molecular formula is C22H26N4O4S. The Labute approximate surface area is 182 Å². The molecule has 1 atom stereocenters. The Hall–Kier alpha value is -3.04. The molecular weight excluding hydrogens is 416 g/mol. The summed E-state index contributed by atoms with van der Waals surface area (Å²) in [7, 11) is -2.39. The van der Waals surface area contributed by atoms with Crippen LogP contribution in [-0.2, 0) is 26.1 Å². The molecule has 0 saturated carbocycles. The minimum atomic E-state index is -3.73. The molecule has 3 rings (SSSR count). The van der Waals surface area contributed by atoms with Gasteiger partial charge in [-0.1, -0.05) is 38.1 Å². The molecule has 0 bridgehead atoms. The zero-order chi connectivity index (χ0) is 22.6. The van der Waals surface area contributed by atoms with Crippen molar-refractivity contribution >= 4 is 32.7 Å². The summed E-state index contributed by atoms with van der Waals surface area (Å²) in [5, 5.41) is 3.87. The van der Waals surface area contributed by atoms with E-state index < -0.39 is 22.0 Å². The number of nitrogens with one attached hydrogen (secondary N) is 2. The number of carbonyl (C=O) groups is 1. The summed E-state index contributed by atoms with van der Waals surface area (Å²) in [4.78, 5) is 21.3. The zero-order valence-corrected chi connectivity index (χ0v) is 18.7. The van der Waals surface area contributed by atoms with Gasteiger partial charge >= 0.3 is 5.97 Å². The number of esters is 1. The lowest BCUT2D eigenvalue weighted by Crippen LogP contribution is -2.36. The number of anilines is 1. The summed E-state index contributed by atoms with van der Waals surface area (Å²) in [6, 6.07) is 13.4. The van der Waals surface area contributed by atoms with Gasteiger partial charge < -0.3 is 10.1 Å². The Morgan fingerprint density at radius 3 is 2.52 bits per heavy atom. The third-order valence-electron chi connectivity index (χ3n) is 4.78. The molecule has 31 heavy (non-hydrogen) atoms. The standard InChI is InChI=1S/C22H26N4O4S/c1-14(2)20(22(27)30-4)26-21-17-10-5-6-11-18(17)24-19(25-21)13-23-31(28,29)16-9-7-8-15(3)12-16/h5-12,14,20,23H,13H2,1-4H3,(H,24,25,26)/t20-/m0/s1. The van der Waals surface area contributed by atoms with E-state index >= 15 is 0 Å². The minimum Gasteiger partial charge on any atom is -0.467 e. The summed E-state index contributed by atoms with van der Waals surface area (Å²) >= 11 is 0. The monoisotopic (exact) mass is 442 g/mol. The highest BCUT2D eigenvalue weighted by molar-refractivity contribution is 7.89. The van der Waals surface area contributed by atoms with Crippen LogP contribution >= 0.6 is 0 Å². The Balaban J connectivity index is 1.92. The highest BCUT2D eigenvalue weighted by Crippen LogP contribution is 2.23. The molecule has 0 amide bonds. The number of nitrogens with zero attached hydrogens (tertiary/aromatic N) is 2. The molecule has 0 radical (unpaired) electrons. The van der Waals surface area contributed by atoms with Gasteiger partial charge in [0.15, 0.2) is 0 Å². The van der Waals surface area contributed by atoms with Crippen LogP contribution in [0.5, 0.6) is 0 Å². The van der Waals surface area contributed by atoms with E-state index in [2.05, 4.69) is 20.0 Å². The number of sulfonamides is 1. The number of hydrogen-bond donors (Lipinski definition) is 2. The summed E-state index contributed by atoms with van der Waals surface area (Å²) in [5.41, 5.74) is 1.48. The van der Waals surface area contributed by atoms with Gasteiger partial charge in [0.25, 0.3) is 0 Å². The fourth-order valence-electron chi connectivity index (χ4n) is 3.11. The lowest BCUT2D eigenvalue weighted by molar-refractivity contribution is -0.142. The van der Waals surface area contributed by atoms with E-state index in [9.17, 15) is 13.2 Å². The van der Waals surface area contributed by atoms with Gasteiger partial charge in [0.05, 0.1) is 24.1 Å². The molecule has 1 aromatic heterocycles. The average molecular weight is 443 g/mol. The van der Waals surface area contributed by atoms with E-state index in [1.165, 1.54) is 13.2 Å². The quantitative estimate of drug-likeness (QED) is 0.516. The summed E-state index contributed by atoms with van der Waals surface area (Å²) in [6.07, 6.45) is 0. The summed E-state index contributed by atoms with van der Waals surface area (Å²) < 4.78 is 32.8. The molecule has 0 saturated heterocycles. The predicted octanol–water partition coefficient (Wildman–Crippen LogP) is 3.03. The smallest absolute Gasteiger partial charge is 0.328 e. The number of ether oxygens (including phenoxy) is 1. The molecule has 0 aliphatic carbocycles. The fourth-order valence-corrected chi connectivity index (χ4v) is 4.20. The minimum absolute atomic E-state index is 0.0514. The van der Waals surface area contributed by atoms with Gasteiger partial charge in [-0.3, -0.25) is 0 Å². The lowest BCUT2D eigenvalue weighted by atomic mass is 10.0. The van der Waals surface area contributed by atoms with Gasteiger partial charge in [0.2, 0.25) is 10.0 Å². The van der Waals surface area contributed by atoms with E-state index in [1.54, 1.807) is 12.1 Å². The van der Waals surface area contributed by atoms with Gasteiger partial charge in [0.1, 0.15) is 17.7 Å². The molecule has 0 aliphatic heterocycles. The number of para-hydroxylation sites is 1. The van der Waals surface area contributed by atoms with Crippen LogP contribution in [0.3, 0.4) is 0 Å². The second kappa shape index (κ2) is 9.40. The van der Waals surface area contributed by atoms with E-state index in [-0.39, 0.29) is 23.2 Å². The molecule has 0 fully saturated rings. The molecule has 1 heterocycles. The van der Waals surface area contributed by atoms with Crippen LogP contribution in [0.1, 0.15) is 25.2 Å². The first-order valence-corrected chi connectivity index (χ1v) is 11.4. The van der Waals surface area contributed by atoms with E-state index in [4.69, 9.17) is 4.74 Å². The number of benzene rings is 2. The van der Waals surface area contributed by atoms with Crippen LogP contribution in [-0.4, -0.2) is 37.5 Å². The molecule has 8 nitrogen and oxygen atoms in total. The predicted molar refractivity (Wildman–Crippen MR) is 119 cm³/mol. The Kier molecular flexibility index (Phi) is 6.87. The largest absolute Gasteiger partial charge is 0.467 e. The maximum Gasteiger partial charge on any atom is 0.328 e. The van der Waals surface area contributed by atoms with Crippen LogP contribution in [0, 0.1) is 12.8 Å². The highest BCUT2D eigenvalue weighted by Gasteiger charge is 2.24. The molecule has 0 unspecified atom stereocenters. The van der Waals surface area contributed by atoms with E-state index in [0.29, 0.717) is 11.3 Å². The molecule has 2 N–H and O–H groups in total. The van der Waals surface area contributed by atoms with Crippen molar-refractivity contribution in [2.75, 3.05) is 12.4 Å². The van der Waals surface area contributed by atoms with Crippen LogP contribution in [0.2, 0.25) is 0 Å². The van der Waals surface area contributed by atoms with E-state index in [0.717, 1.165) is 10.9 Å². The van der Waals surface area contributed by atoms with Gasteiger partial charge in [-0.15, -0.1) is 0 Å². The van der Waals surface area contributed by atoms with Crippen LogP contribution < -0.4 is 10.0 Å². The third-order valence-corrected chi connectivity index (χ3v) is 6.18. The Bertz CT molecular complexity index is 1200. The first-order valence-electron chi connectivity index (χ1n) is 9.87. The first kappa shape index (κ1) is 22.6. The number of aromatic nitrogens is 2. The number of methoxy groups -OCH3 is 1. The second-order valence-electron chi connectivity index (χ2n) is 7.54. The molecule has 0 aliphatic rings. The van der Waals surface area contributed by atoms with Gasteiger partial charge in [0, 0.05) is 5.39 Å². The van der Waals surface area contributed by atoms with Crippen molar-refractivity contribution in [1.29, 1.82) is 0 Å². The van der Waals surface area contributed by atoms with Gasteiger partial charge in [-0.2, -0.15) is 0 Å². The van der Waals surface area contributed by atoms with Crippen molar-refractivity contribution < 1.29 is 17.9 Å². The Morgan fingerprint density at radius 1 is 1.10 bits per heavy atom. The fraction of sp³-hybridized carbons (Fsp3) is 0.318. The van der Waals surface area contributed by atoms with Crippen molar-refractivity contribution in [1.82, 2.24) is 14.7 Å². The topological polar surface area (TPSA) is 110 Å². The zero-order valence-electron chi connectivity index (χ0n) is 17.9. The van der Waals surface area contributed by atoms with Crippen molar-refractivity contribution in [3.8, 4) is 0 Å². The van der Waals surface area contributed by atoms with Crippen molar-refractivity contribution in [2.45, 2.75) is 38.3 Å². The number of fused-ring (bicyclic) bond motifs is 1. The molecule has 0 spiro atoms. The highest BCUT2D eigenvalue weighted by atomic mass is 32.2. The SMILES string of the molecule is COC(=O)[C@@H](Nc1nc(CNS(=O)(=O)c2cccc(C)c2)nc2ccccc12)C(C)C. The van der Waals surface area contributed by atoms with Crippen molar-refractivity contribution in [2.24, 2.45) is 5.92 Å². The average Bonchev–Trinajstić information content (AvgIpc) is 2.75. The number of carbonyl (C=O) groups excluding carboxylic acids is 1. The number of rotatable bonds is 8. The van der Waals surface area contributed by atoms with Crippen LogP contribution in [0.4, 0.5) is 5.82 Å². The second-order valence-corrected chi connectivity index (χ2v) is 9.30. The first-order chi connectivity index (χ1) is 14.7. The van der Waals surface area contributed by atoms with Crippen LogP contribution in [0.15, 0.2) is 53.4 Å². The number of aryl methyl sites for hydroxylation is 1. The van der Waals surface area contributed by atoms with Crippen LogP contribution in [0.25, 0.3) is 10.9 Å². The van der Waals surface area contributed by atoms with Gasteiger partial charge in [-0.05, 0) is 42.7 Å². The van der Waals surface area contributed by atoms with Crippen molar-refractivity contribution in [3.05, 3.63) is 59.9 Å². The normalized spacial score (nSPS) is 12.7. The maximum atomic E-state index is 12.7. The molecule has 3 aromatic rings. The Morgan fingerprint density at radius 2 is 1.84 bits per heavy atom. The van der Waals surface area contributed by atoms with Gasteiger partial charge in [-0.25, -0.2) is 27.9 Å². The maximum absolute atomic E-state index is 12.7. The molecule has 2 aromatic carbocycles. The number of hydrogen-bond acceptors (Lipinski definition) is 7. The molecule has 9 heteroatoms.